The summed E-state index contributed by atoms with van der Waals surface area (Å²) in [4.78, 5) is 16.6. The number of methoxy groups -OCH3 is 1. The Bertz CT molecular complexity index is 1380. The van der Waals surface area contributed by atoms with Crippen molar-refractivity contribution in [1.82, 2.24) is 4.90 Å². The second-order valence-electron chi connectivity index (χ2n) is 15.5. The first-order valence-corrected chi connectivity index (χ1v) is 17.5. The van der Waals surface area contributed by atoms with Crippen molar-refractivity contribution in [3.8, 4) is 0 Å². The topological polar surface area (TPSA) is 110 Å². The highest BCUT2D eigenvalue weighted by molar-refractivity contribution is 6.31. The molecule has 254 valence electrons. The van der Waals surface area contributed by atoms with Crippen molar-refractivity contribution in [2.75, 3.05) is 40.0 Å². The highest BCUT2D eigenvalue weighted by atomic mass is 35.5. The Labute approximate surface area is 277 Å². The van der Waals surface area contributed by atoms with Crippen LogP contribution in [0.25, 0.3) is 0 Å². The normalized spacial score (nSPS) is 40.0. The number of hydrogen-bond donors (Lipinski definition) is 4. The van der Waals surface area contributed by atoms with E-state index >= 15 is 4.39 Å². The maximum atomic E-state index is 15.0. The van der Waals surface area contributed by atoms with Crippen LogP contribution in [0, 0.1) is 39.3 Å². The lowest BCUT2D eigenvalue weighted by Gasteiger charge is -2.71. The summed E-state index contributed by atoms with van der Waals surface area (Å²) < 4.78 is 20.3. The second kappa shape index (κ2) is 12.3. The molecule has 0 aliphatic heterocycles. The van der Waals surface area contributed by atoms with Crippen LogP contribution in [0.5, 0.6) is 0 Å². The van der Waals surface area contributed by atoms with Gasteiger partial charge in [-0.3, -0.25) is 9.69 Å². The summed E-state index contributed by atoms with van der Waals surface area (Å²) in [5.41, 5.74) is -2.02. The van der Waals surface area contributed by atoms with E-state index < -0.39 is 39.9 Å². The van der Waals surface area contributed by atoms with E-state index in [1.54, 1.807) is 19.2 Å². The van der Waals surface area contributed by atoms with E-state index in [9.17, 15) is 25.2 Å². The Balaban J connectivity index is 1.41. The fourth-order valence-electron chi connectivity index (χ4n) is 11.0. The number of aliphatic hydroxyl groups is 4. The van der Waals surface area contributed by atoms with Gasteiger partial charge in [-0.05, 0) is 80.8 Å². The number of fused-ring (bicyclic) bond motifs is 1. The molecule has 1 unspecified atom stereocenters. The average molecular weight is 660 g/mol. The van der Waals surface area contributed by atoms with Crippen molar-refractivity contribution < 1.29 is 34.3 Å². The summed E-state index contributed by atoms with van der Waals surface area (Å²) in [6, 6.07) is 4.50. The van der Waals surface area contributed by atoms with Crippen LogP contribution in [-0.4, -0.2) is 88.9 Å². The van der Waals surface area contributed by atoms with Crippen LogP contribution in [0.15, 0.2) is 42.0 Å². The van der Waals surface area contributed by atoms with Crippen molar-refractivity contribution >= 4 is 17.4 Å². The molecule has 0 amide bonds. The number of rotatable bonds is 12. The predicted octanol–water partition coefficient (Wildman–Crippen LogP) is 4.87. The van der Waals surface area contributed by atoms with Crippen molar-refractivity contribution in [3.05, 3.63) is 58.4 Å². The van der Waals surface area contributed by atoms with Crippen LogP contribution < -0.4 is 0 Å². The van der Waals surface area contributed by atoms with Gasteiger partial charge >= 0.3 is 0 Å². The van der Waals surface area contributed by atoms with Gasteiger partial charge in [0.05, 0.1) is 24.4 Å². The number of halogens is 2. The van der Waals surface area contributed by atoms with E-state index in [1.165, 1.54) is 6.07 Å². The number of benzene rings is 1. The maximum absolute atomic E-state index is 15.0. The lowest BCUT2D eigenvalue weighted by Crippen LogP contribution is -2.67. The molecule has 4 N–H and O–H groups in total. The van der Waals surface area contributed by atoms with Crippen LogP contribution in [-0.2, 0) is 16.0 Å². The number of aliphatic hydroxyl groups excluding tert-OH is 3. The van der Waals surface area contributed by atoms with E-state index in [4.69, 9.17) is 16.3 Å². The summed E-state index contributed by atoms with van der Waals surface area (Å²) >= 11 is 6.43. The van der Waals surface area contributed by atoms with Gasteiger partial charge in [-0.1, -0.05) is 49.7 Å². The summed E-state index contributed by atoms with van der Waals surface area (Å²) in [5, 5.41) is 43.8. The van der Waals surface area contributed by atoms with Gasteiger partial charge in [0, 0.05) is 72.2 Å². The molecule has 6 aliphatic carbocycles. The summed E-state index contributed by atoms with van der Waals surface area (Å²) in [6.07, 6.45) is 10.9. The highest BCUT2D eigenvalue weighted by Crippen LogP contribution is 2.78. The third-order valence-corrected chi connectivity index (χ3v) is 13.8. The number of ether oxygens (including phenoxy) is 1. The van der Waals surface area contributed by atoms with Crippen LogP contribution in [0.1, 0.15) is 70.8 Å². The fourth-order valence-corrected chi connectivity index (χ4v) is 11.2. The minimum absolute atomic E-state index is 0.0446. The maximum Gasteiger partial charge on any atom is 0.164 e. The first-order chi connectivity index (χ1) is 21.8. The molecule has 2 bridgehead atoms. The summed E-state index contributed by atoms with van der Waals surface area (Å²) in [6.45, 7) is 5.91. The van der Waals surface area contributed by atoms with Gasteiger partial charge in [0.2, 0.25) is 0 Å². The van der Waals surface area contributed by atoms with Gasteiger partial charge in [0.25, 0.3) is 0 Å². The summed E-state index contributed by atoms with van der Waals surface area (Å²) in [7, 11) is 1.65. The van der Waals surface area contributed by atoms with Gasteiger partial charge in [0.15, 0.2) is 5.78 Å². The molecule has 9 atom stereocenters. The Kier molecular flexibility index (Phi) is 9.19. The SMILES string of the molecule is COCCCN(C[C@H](O)CO)C[C@]1(O)CC[C@H]2[C@]34C=C[C@@]5(C=C3C(=O)Cc3c(F)cccc3Cl)CC(O)CC[C@]5(C)[C@H]4CC[C@@]21C. The van der Waals surface area contributed by atoms with Crippen LogP contribution in [0.2, 0.25) is 5.02 Å². The molecular formula is C37H51ClFNO6. The minimum atomic E-state index is -1.09. The number of Topliss-reactive ketones (excluding diaryl/α,β-unsaturated/α-hetero) is 1. The molecule has 0 heterocycles. The molecule has 7 rings (SSSR count). The van der Waals surface area contributed by atoms with Crippen molar-refractivity contribution in [2.45, 2.75) is 89.4 Å². The number of hydrogen-bond acceptors (Lipinski definition) is 7. The molecule has 3 fully saturated rings. The molecule has 0 saturated heterocycles. The standard InChI is InChI=1S/C37H51ClFNO6/c1-33-11-8-24(42)19-35(33)14-15-37(27(20-35)30(44)18-26-28(38)6-4-7-29(26)39)31(33)9-12-34(2)32(37)10-13-36(34,45)23-40(16-5-17-46-3)21-25(43)22-41/h4,6-7,14-15,20,24-25,31-32,41-43,45H,5,8-13,16-19,21-23H2,1-3H3/t24?,25-,31+,32+,33+,34-,35-,36+,37+/m0/s1. The van der Waals surface area contributed by atoms with Crippen molar-refractivity contribution in [3.63, 3.8) is 0 Å². The zero-order valence-electron chi connectivity index (χ0n) is 27.5. The molecular weight excluding hydrogens is 609 g/mol. The number of nitrogens with zero attached hydrogens (tertiary/aromatic N) is 1. The Morgan fingerprint density at radius 3 is 2.57 bits per heavy atom. The molecule has 2 spiro atoms. The van der Waals surface area contributed by atoms with Gasteiger partial charge in [0.1, 0.15) is 5.82 Å². The Morgan fingerprint density at radius 2 is 1.85 bits per heavy atom. The molecule has 1 aromatic carbocycles. The van der Waals surface area contributed by atoms with Crippen LogP contribution in [0.4, 0.5) is 4.39 Å². The van der Waals surface area contributed by atoms with Gasteiger partial charge in [-0.15, -0.1) is 0 Å². The molecule has 9 heteroatoms. The van der Waals surface area contributed by atoms with E-state index in [0.29, 0.717) is 38.1 Å². The van der Waals surface area contributed by atoms with E-state index in [2.05, 4.69) is 32.1 Å². The molecule has 0 aromatic heterocycles. The number of ketones is 1. The number of carbonyl (C=O) groups is 1. The first-order valence-electron chi connectivity index (χ1n) is 17.1. The molecule has 46 heavy (non-hydrogen) atoms. The van der Waals surface area contributed by atoms with E-state index in [1.807, 2.05) is 4.90 Å². The minimum Gasteiger partial charge on any atom is -0.394 e. The largest absolute Gasteiger partial charge is 0.394 e. The number of allylic oxidation sites excluding steroid dienone is 4. The lowest BCUT2D eigenvalue weighted by atomic mass is 9.32. The molecule has 0 radical (unpaired) electrons. The van der Waals surface area contributed by atoms with Crippen LogP contribution >= 0.6 is 11.6 Å². The molecule has 3 saturated carbocycles. The van der Waals surface area contributed by atoms with Gasteiger partial charge in [-0.2, -0.15) is 0 Å². The van der Waals surface area contributed by atoms with Crippen molar-refractivity contribution in [1.29, 1.82) is 0 Å². The smallest absolute Gasteiger partial charge is 0.164 e. The quantitative estimate of drug-likeness (QED) is 0.187. The zero-order valence-corrected chi connectivity index (χ0v) is 28.2. The predicted molar refractivity (Wildman–Crippen MR) is 175 cm³/mol. The first kappa shape index (κ1) is 34.2. The average Bonchev–Trinajstić information content (AvgIpc) is 3.28. The Hall–Kier alpha value is -1.65. The van der Waals surface area contributed by atoms with E-state index in [-0.39, 0.29) is 53.2 Å². The third-order valence-electron chi connectivity index (χ3n) is 13.4. The Morgan fingerprint density at radius 1 is 1.13 bits per heavy atom. The second-order valence-corrected chi connectivity index (χ2v) is 15.9. The van der Waals surface area contributed by atoms with Gasteiger partial charge < -0.3 is 25.2 Å². The van der Waals surface area contributed by atoms with E-state index in [0.717, 1.165) is 38.5 Å². The number of carbonyl (C=O) groups excluding carboxylic acids is 1. The lowest BCUT2D eigenvalue weighted by molar-refractivity contribution is -0.179. The molecule has 1 aromatic rings. The highest BCUT2D eigenvalue weighted by Gasteiger charge is 2.74. The molecule has 6 aliphatic rings. The van der Waals surface area contributed by atoms with Gasteiger partial charge in [-0.25, -0.2) is 4.39 Å². The third kappa shape index (κ3) is 5.08. The monoisotopic (exact) mass is 659 g/mol. The molecule has 7 nitrogen and oxygen atoms in total. The summed E-state index contributed by atoms with van der Waals surface area (Å²) in [5.74, 6) is -0.552. The fraction of sp³-hybridized carbons (Fsp3) is 0.703. The van der Waals surface area contributed by atoms with Crippen molar-refractivity contribution in [2.24, 2.45) is 33.5 Å². The van der Waals surface area contributed by atoms with Crippen LogP contribution in [0.3, 0.4) is 0 Å². The zero-order chi connectivity index (χ0) is 33.1.